The fourth-order valence-electron chi connectivity index (χ4n) is 2.89. The summed E-state index contributed by atoms with van der Waals surface area (Å²) in [7, 11) is 0. The summed E-state index contributed by atoms with van der Waals surface area (Å²) >= 11 is 0. The summed E-state index contributed by atoms with van der Waals surface area (Å²) < 4.78 is 19.3. The lowest BCUT2D eigenvalue weighted by atomic mass is 9.83. The topological polar surface area (TPSA) is 25.2 Å². The van der Waals surface area contributed by atoms with Crippen molar-refractivity contribution in [3.8, 4) is 0 Å². The number of rotatable bonds is 7. The van der Waals surface area contributed by atoms with Crippen LogP contribution in [0.1, 0.15) is 44.3 Å². The Labute approximate surface area is 132 Å². The van der Waals surface area contributed by atoms with E-state index in [-0.39, 0.29) is 11.2 Å². The van der Waals surface area contributed by atoms with E-state index in [2.05, 4.69) is 32.2 Å². The van der Waals surface area contributed by atoms with Crippen molar-refractivity contribution in [3.05, 3.63) is 59.3 Å². The molecule has 0 aliphatic heterocycles. The second-order valence-electron chi connectivity index (χ2n) is 6.69. The Morgan fingerprint density at radius 2 is 1.91 bits per heavy atom. The van der Waals surface area contributed by atoms with Gasteiger partial charge in [-0.3, -0.25) is 0 Å². The summed E-state index contributed by atoms with van der Waals surface area (Å²) in [4.78, 5) is 0. The lowest BCUT2D eigenvalue weighted by molar-refractivity contribution is 0.320. The minimum absolute atomic E-state index is 0.0152. The Morgan fingerprint density at radius 1 is 1.18 bits per heavy atom. The molecule has 0 aliphatic rings. The molecule has 22 heavy (non-hydrogen) atoms. The number of benzene rings is 1. The predicted molar refractivity (Wildman–Crippen MR) is 88.7 cm³/mol. The second kappa shape index (κ2) is 7.10. The van der Waals surface area contributed by atoms with Crippen molar-refractivity contribution in [1.82, 2.24) is 5.32 Å². The molecule has 2 nitrogen and oxygen atoms in total. The van der Waals surface area contributed by atoms with Crippen molar-refractivity contribution in [3.63, 3.8) is 0 Å². The van der Waals surface area contributed by atoms with E-state index < -0.39 is 0 Å². The maximum Gasteiger partial charge on any atom is 0.126 e. The minimum atomic E-state index is -0.122. The van der Waals surface area contributed by atoms with Crippen LogP contribution in [0.4, 0.5) is 4.39 Å². The van der Waals surface area contributed by atoms with Crippen LogP contribution < -0.4 is 5.32 Å². The highest BCUT2D eigenvalue weighted by Crippen LogP contribution is 2.29. The summed E-state index contributed by atoms with van der Waals surface area (Å²) in [5.41, 5.74) is 0.752. The van der Waals surface area contributed by atoms with E-state index in [1.807, 2.05) is 25.1 Å². The van der Waals surface area contributed by atoms with Crippen LogP contribution in [-0.2, 0) is 11.8 Å². The third kappa shape index (κ3) is 4.44. The van der Waals surface area contributed by atoms with E-state index in [0.29, 0.717) is 12.5 Å². The zero-order valence-electron chi connectivity index (χ0n) is 13.9. The number of hydrogen-bond acceptors (Lipinski definition) is 2. The molecule has 0 spiro atoms. The molecule has 120 valence electrons. The predicted octanol–water partition coefficient (Wildman–Crippen LogP) is 4.62. The molecular formula is C19H26FNO. The van der Waals surface area contributed by atoms with Crippen molar-refractivity contribution >= 4 is 0 Å². The van der Waals surface area contributed by atoms with Gasteiger partial charge in [0.1, 0.15) is 17.3 Å². The molecule has 1 heterocycles. The first kappa shape index (κ1) is 16.8. The molecule has 1 N–H and O–H groups in total. The highest BCUT2D eigenvalue weighted by molar-refractivity contribution is 5.18. The van der Waals surface area contributed by atoms with Crippen molar-refractivity contribution in [2.45, 2.75) is 52.0 Å². The molecule has 0 aliphatic carbocycles. The molecule has 0 saturated carbocycles. The number of nitrogens with one attached hydrogen (secondary N) is 1. The molecule has 2 aromatic rings. The minimum Gasteiger partial charge on any atom is -0.466 e. The van der Waals surface area contributed by atoms with Gasteiger partial charge in [-0.15, -0.1) is 0 Å². The van der Waals surface area contributed by atoms with Crippen LogP contribution in [0.2, 0.25) is 0 Å². The number of aryl methyl sites for hydroxylation is 1. The van der Waals surface area contributed by atoms with Crippen LogP contribution in [-0.4, -0.2) is 12.6 Å². The smallest absolute Gasteiger partial charge is 0.126 e. The molecule has 0 amide bonds. The normalized spacial score (nSPS) is 13.3. The van der Waals surface area contributed by atoms with Crippen LogP contribution in [0.25, 0.3) is 0 Å². The second-order valence-corrected chi connectivity index (χ2v) is 6.69. The van der Waals surface area contributed by atoms with E-state index >= 15 is 0 Å². The summed E-state index contributed by atoms with van der Waals surface area (Å²) in [6, 6.07) is 11.4. The lowest BCUT2D eigenvalue weighted by Gasteiger charge is -2.26. The summed E-state index contributed by atoms with van der Waals surface area (Å²) in [6.07, 6.45) is 1.68. The summed E-state index contributed by atoms with van der Waals surface area (Å²) in [5.74, 6) is 1.85. The zero-order valence-corrected chi connectivity index (χ0v) is 13.9. The SMILES string of the molecule is Cc1ccc(C(C)(C)C[C@H](C)NCCc2ccccc2F)o1. The van der Waals surface area contributed by atoms with Gasteiger partial charge in [-0.25, -0.2) is 4.39 Å². The highest BCUT2D eigenvalue weighted by atomic mass is 19.1. The monoisotopic (exact) mass is 303 g/mol. The first-order chi connectivity index (χ1) is 10.4. The third-order valence-corrected chi connectivity index (χ3v) is 4.07. The van der Waals surface area contributed by atoms with E-state index in [0.717, 1.165) is 30.0 Å². The van der Waals surface area contributed by atoms with Crippen LogP contribution in [0.5, 0.6) is 0 Å². The standard InChI is InChI=1S/C19H26FNO/c1-14(13-19(3,4)18-10-9-15(2)22-18)21-12-11-16-7-5-6-8-17(16)20/h5-10,14,21H,11-13H2,1-4H3/t14-/m0/s1. The fourth-order valence-corrected chi connectivity index (χ4v) is 2.89. The maximum absolute atomic E-state index is 13.6. The molecule has 0 radical (unpaired) electrons. The summed E-state index contributed by atoms with van der Waals surface area (Å²) in [6.45, 7) is 9.30. The maximum atomic E-state index is 13.6. The molecule has 3 heteroatoms. The molecule has 0 bridgehead atoms. The van der Waals surface area contributed by atoms with Gasteiger partial charge in [0.2, 0.25) is 0 Å². The number of hydrogen-bond donors (Lipinski definition) is 1. The van der Waals surface area contributed by atoms with Gasteiger partial charge in [0.05, 0.1) is 0 Å². The van der Waals surface area contributed by atoms with E-state index in [1.54, 1.807) is 6.07 Å². The Morgan fingerprint density at radius 3 is 2.55 bits per heavy atom. The largest absolute Gasteiger partial charge is 0.466 e. The molecule has 1 atom stereocenters. The van der Waals surface area contributed by atoms with Crippen LogP contribution in [0.3, 0.4) is 0 Å². The first-order valence-corrected chi connectivity index (χ1v) is 7.92. The van der Waals surface area contributed by atoms with Gasteiger partial charge in [-0.2, -0.15) is 0 Å². The van der Waals surface area contributed by atoms with Crippen molar-refractivity contribution < 1.29 is 8.81 Å². The van der Waals surface area contributed by atoms with Gasteiger partial charge in [-0.05, 0) is 57.0 Å². The van der Waals surface area contributed by atoms with E-state index in [1.165, 1.54) is 6.07 Å². The Hall–Kier alpha value is -1.61. The molecule has 0 fully saturated rings. The lowest BCUT2D eigenvalue weighted by Crippen LogP contribution is -2.34. The Kier molecular flexibility index (Phi) is 5.41. The summed E-state index contributed by atoms with van der Waals surface area (Å²) in [5, 5.41) is 3.48. The first-order valence-electron chi connectivity index (χ1n) is 7.92. The molecule has 1 aromatic heterocycles. The molecule has 0 saturated heterocycles. The van der Waals surface area contributed by atoms with Crippen LogP contribution >= 0.6 is 0 Å². The van der Waals surface area contributed by atoms with Gasteiger partial charge in [-0.1, -0.05) is 32.0 Å². The zero-order chi connectivity index (χ0) is 16.2. The van der Waals surface area contributed by atoms with Gasteiger partial charge >= 0.3 is 0 Å². The van der Waals surface area contributed by atoms with Gasteiger partial charge in [0.25, 0.3) is 0 Å². The fraction of sp³-hybridized carbons (Fsp3) is 0.474. The highest BCUT2D eigenvalue weighted by Gasteiger charge is 2.26. The van der Waals surface area contributed by atoms with Crippen LogP contribution in [0, 0.1) is 12.7 Å². The Bertz CT molecular complexity index is 603. The molecule has 2 rings (SSSR count). The van der Waals surface area contributed by atoms with E-state index in [4.69, 9.17) is 4.42 Å². The molecule has 0 unspecified atom stereocenters. The number of halogens is 1. The van der Waals surface area contributed by atoms with Crippen LogP contribution in [0.15, 0.2) is 40.8 Å². The van der Waals surface area contributed by atoms with Gasteiger partial charge in [0.15, 0.2) is 0 Å². The van der Waals surface area contributed by atoms with Gasteiger partial charge < -0.3 is 9.73 Å². The third-order valence-electron chi connectivity index (χ3n) is 4.07. The quantitative estimate of drug-likeness (QED) is 0.807. The van der Waals surface area contributed by atoms with Crippen molar-refractivity contribution in [2.75, 3.05) is 6.54 Å². The molecule has 1 aromatic carbocycles. The average Bonchev–Trinajstić information content (AvgIpc) is 2.88. The van der Waals surface area contributed by atoms with Crippen molar-refractivity contribution in [2.24, 2.45) is 0 Å². The van der Waals surface area contributed by atoms with Gasteiger partial charge in [0, 0.05) is 11.5 Å². The van der Waals surface area contributed by atoms with Crippen molar-refractivity contribution in [1.29, 1.82) is 0 Å². The Balaban J connectivity index is 1.83. The molecular weight excluding hydrogens is 277 g/mol. The van der Waals surface area contributed by atoms with E-state index in [9.17, 15) is 4.39 Å². The average molecular weight is 303 g/mol. The number of furan rings is 1.